The Labute approximate surface area is 113 Å². The van der Waals surface area contributed by atoms with Gasteiger partial charge in [0.2, 0.25) is 0 Å². The van der Waals surface area contributed by atoms with Crippen LogP contribution < -0.4 is 0 Å². The largest absolute Gasteiger partial charge is 0.481 e. The van der Waals surface area contributed by atoms with Gasteiger partial charge in [0, 0.05) is 9.35 Å². The van der Waals surface area contributed by atoms with Gasteiger partial charge in [-0.25, -0.2) is 0 Å². The van der Waals surface area contributed by atoms with Crippen LogP contribution in [0.3, 0.4) is 0 Å². The normalized spacial score (nSPS) is 26.7. The predicted molar refractivity (Wildman–Crippen MR) is 70.1 cm³/mol. The van der Waals surface area contributed by atoms with E-state index in [2.05, 4.69) is 15.9 Å². The molecule has 0 radical (unpaired) electrons. The van der Waals surface area contributed by atoms with Gasteiger partial charge in [-0.3, -0.25) is 4.79 Å². The Hall–Kier alpha value is -0.390. The van der Waals surface area contributed by atoms with Crippen molar-refractivity contribution in [1.82, 2.24) is 0 Å². The minimum Gasteiger partial charge on any atom is -0.481 e. The van der Waals surface area contributed by atoms with Crippen LogP contribution in [0.4, 0.5) is 0 Å². The Morgan fingerprint density at radius 1 is 1.53 bits per heavy atom. The summed E-state index contributed by atoms with van der Waals surface area (Å²) in [5.74, 6) is -0.950. The number of rotatable bonds is 3. The van der Waals surface area contributed by atoms with Crippen LogP contribution in [0, 0.1) is 11.8 Å². The zero-order valence-electron chi connectivity index (χ0n) is 9.30. The highest BCUT2D eigenvalue weighted by Gasteiger charge is 2.32. The van der Waals surface area contributed by atoms with E-state index < -0.39 is 12.1 Å². The monoisotopic (exact) mass is 318 g/mol. The van der Waals surface area contributed by atoms with E-state index in [0.29, 0.717) is 6.42 Å². The summed E-state index contributed by atoms with van der Waals surface area (Å²) in [6.45, 7) is 0. The molecule has 0 aliphatic heterocycles. The molecule has 0 bridgehead atoms. The standard InChI is InChI=1S/C12H15BrO3S/c13-9-4-5-17-11(9)10(14)7-2-1-3-8(6-7)12(15)16/h4-5,7-8,10,14H,1-3,6H2,(H,15,16). The molecule has 1 heterocycles. The van der Waals surface area contributed by atoms with Crippen LogP contribution in [-0.2, 0) is 4.79 Å². The number of aliphatic hydroxyl groups is 1. The van der Waals surface area contributed by atoms with Crippen LogP contribution in [-0.4, -0.2) is 16.2 Å². The van der Waals surface area contributed by atoms with Crippen molar-refractivity contribution >= 4 is 33.2 Å². The summed E-state index contributed by atoms with van der Waals surface area (Å²) in [6.07, 6.45) is 2.59. The van der Waals surface area contributed by atoms with Gasteiger partial charge in [-0.2, -0.15) is 0 Å². The quantitative estimate of drug-likeness (QED) is 0.897. The van der Waals surface area contributed by atoms with Gasteiger partial charge < -0.3 is 10.2 Å². The highest BCUT2D eigenvalue weighted by molar-refractivity contribution is 9.10. The van der Waals surface area contributed by atoms with Crippen LogP contribution in [0.15, 0.2) is 15.9 Å². The van der Waals surface area contributed by atoms with E-state index in [-0.39, 0.29) is 11.8 Å². The molecule has 1 aromatic heterocycles. The summed E-state index contributed by atoms with van der Waals surface area (Å²) in [6, 6.07) is 1.92. The van der Waals surface area contributed by atoms with Gasteiger partial charge in [0.15, 0.2) is 0 Å². The van der Waals surface area contributed by atoms with Crippen molar-refractivity contribution in [3.63, 3.8) is 0 Å². The Balaban J connectivity index is 2.07. The van der Waals surface area contributed by atoms with E-state index in [0.717, 1.165) is 28.6 Å². The minimum absolute atomic E-state index is 0.0693. The first-order chi connectivity index (χ1) is 8.09. The fourth-order valence-electron chi connectivity index (χ4n) is 2.47. The number of carbonyl (C=O) groups is 1. The summed E-state index contributed by atoms with van der Waals surface area (Å²) < 4.78 is 0.924. The lowest BCUT2D eigenvalue weighted by atomic mass is 9.78. The Kier molecular flexibility index (Phi) is 4.22. The molecule has 17 heavy (non-hydrogen) atoms. The van der Waals surface area contributed by atoms with E-state index in [9.17, 15) is 9.90 Å². The van der Waals surface area contributed by atoms with Gasteiger partial charge in [-0.05, 0) is 52.6 Å². The molecule has 3 atom stereocenters. The first-order valence-electron chi connectivity index (χ1n) is 5.73. The molecular formula is C12H15BrO3S. The third-order valence-electron chi connectivity index (χ3n) is 3.42. The zero-order chi connectivity index (χ0) is 12.4. The van der Waals surface area contributed by atoms with Crippen molar-refractivity contribution in [2.24, 2.45) is 11.8 Å². The van der Waals surface area contributed by atoms with E-state index in [4.69, 9.17) is 5.11 Å². The van der Waals surface area contributed by atoms with Crippen molar-refractivity contribution in [2.45, 2.75) is 31.8 Å². The predicted octanol–water partition coefficient (Wildman–Crippen LogP) is 3.44. The van der Waals surface area contributed by atoms with Gasteiger partial charge in [0.25, 0.3) is 0 Å². The van der Waals surface area contributed by atoms with Gasteiger partial charge in [-0.15, -0.1) is 11.3 Å². The third kappa shape index (κ3) is 2.89. The summed E-state index contributed by atoms with van der Waals surface area (Å²) >= 11 is 4.93. The van der Waals surface area contributed by atoms with Crippen LogP contribution >= 0.6 is 27.3 Å². The lowest BCUT2D eigenvalue weighted by Crippen LogP contribution is -2.26. The summed E-state index contributed by atoms with van der Waals surface area (Å²) in [4.78, 5) is 11.9. The lowest BCUT2D eigenvalue weighted by Gasteiger charge is -2.30. The molecule has 0 amide bonds. The van der Waals surface area contributed by atoms with Crippen LogP contribution in [0.2, 0.25) is 0 Å². The number of carboxylic acids is 1. The zero-order valence-corrected chi connectivity index (χ0v) is 11.7. The number of halogens is 1. The fourth-order valence-corrected chi connectivity index (χ4v) is 4.15. The third-order valence-corrected chi connectivity index (χ3v) is 5.37. The molecule has 2 N–H and O–H groups in total. The molecular weight excluding hydrogens is 304 g/mol. The second-order valence-electron chi connectivity index (χ2n) is 4.54. The van der Waals surface area contributed by atoms with E-state index in [1.165, 1.54) is 11.3 Å². The lowest BCUT2D eigenvalue weighted by molar-refractivity contribution is -0.143. The molecule has 1 saturated carbocycles. The number of aliphatic carboxylic acids is 1. The molecule has 94 valence electrons. The Morgan fingerprint density at radius 2 is 2.29 bits per heavy atom. The summed E-state index contributed by atoms with van der Waals surface area (Å²) in [5.41, 5.74) is 0. The van der Waals surface area contributed by atoms with Gasteiger partial charge >= 0.3 is 5.97 Å². The van der Waals surface area contributed by atoms with Gasteiger partial charge in [0.05, 0.1) is 12.0 Å². The molecule has 3 nitrogen and oxygen atoms in total. The van der Waals surface area contributed by atoms with Crippen molar-refractivity contribution < 1.29 is 15.0 Å². The van der Waals surface area contributed by atoms with E-state index in [1.54, 1.807) is 0 Å². The number of hydrogen-bond donors (Lipinski definition) is 2. The van der Waals surface area contributed by atoms with Gasteiger partial charge in [-0.1, -0.05) is 6.42 Å². The average molecular weight is 319 g/mol. The SMILES string of the molecule is O=C(O)C1CCCC(C(O)c2sccc2Br)C1. The second-order valence-corrected chi connectivity index (χ2v) is 6.34. The van der Waals surface area contributed by atoms with E-state index >= 15 is 0 Å². The van der Waals surface area contributed by atoms with E-state index in [1.807, 2.05) is 11.4 Å². The minimum atomic E-state index is -0.729. The molecule has 2 rings (SSSR count). The second kappa shape index (κ2) is 5.50. The smallest absolute Gasteiger partial charge is 0.306 e. The number of thiophene rings is 1. The number of aliphatic hydroxyl groups excluding tert-OH is 1. The molecule has 1 fully saturated rings. The molecule has 0 saturated heterocycles. The topological polar surface area (TPSA) is 57.5 Å². The summed E-state index contributed by atoms with van der Waals surface area (Å²) in [5, 5.41) is 21.3. The Bertz CT molecular complexity index is 404. The van der Waals surface area contributed by atoms with Crippen molar-refractivity contribution in [3.8, 4) is 0 Å². The van der Waals surface area contributed by atoms with Crippen LogP contribution in [0.1, 0.15) is 36.7 Å². The van der Waals surface area contributed by atoms with Crippen LogP contribution in [0.25, 0.3) is 0 Å². The maximum Gasteiger partial charge on any atom is 0.306 e. The maximum absolute atomic E-state index is 11.0. The van der Waals surface area contributed by atoms with Crippen molar-refractivity contribution in [1.29, 1.82) is 0 Å². The highest BCUT2D eigenvalue weighted by atomic mass is 79.9. The molecule has 0 aromatic carbocycles. The highest BCUT2D eigenvalue weighted by Crippen LogP contribution is 2.41. The molecule has 1 aliphatic rings. The molecule has 3 unspecified atom stereocenters. The van der Waals surface area contributed by atoms with Gasteiger partial charge in [0.1, 0.15) is 0 Å². The molecule has 1 aliphatic carbocycles. The van der Waals surface area contributed by atoms with Crippen molar-refractivity contribution in [3.05, 3.63) is 20.8 Å². The molecule has 0 spiro atoms. The van der Waals surface area contributed by atoms with Crippen molar-refractivity contribution in [2.75, 3.05) is 0 Å². The maximum atomic E-state index is 11.0. The summed E-state index contributed by atoms with van der Waals surface area (Å²) in [7, 11) is 0. The average Bonchev–Trinajstić information content (AvgIpc) is 2.74. The first kappa shape index (κ1) is 13.1. The first-order valence-corrected chi connectivity index (χ1v) is 7.40. The molecule has 5 heteroatoms. The molecule has 1 aromatic rings. The fraction of sp³-hybridized carbons (Fsp3) is 0.583. The Morgan fingerprint density at radius 3 is 2.88 bits per heavy atom. The number of carboxylic acid groups (broad SMARTS) is 1. The van der Waals surface area contributed by atoms with Crippen LogP contribution in [0.5, 0.6) is 0 Å². The number of hydrogen-bond acceptors (Lipinski definition) is 3.